The first kappa shape index (κ1) is 11.5. The van der Waals surface area contributed by atoms with E-state index in [4.69, 9.17) is 10.4 Å². The van der Waals surface area contributed by atoms with Crippen molar-refractivity contribution in [2.45, 2.75) is 6.42 Å². The molecule has 0 heterocycles. The number of rotatable bonds is 2. The summed E-state index contributed by atoms with van der Waals surface area (Å²) in [6.45, 7) is 0. The largest absolute Gasteiger partial charge is 0.481 e. The van der Waals surface area contributed by atoms with Crippen molar-refractivity contribution in [1.82, 2.24) is 0 Å². The summed E-state index contributed by atoms with van der Waals surface area (Å²) in [7, 11) is 0. The summed E-state index contributed by atoms with van der Waals surface area (Å²) in [5.74, 6) is -0.894. The van der Waals surface area contributed by atoms with Crippen molar-refractivity contribution in [3.05, 3.63) is 31.3 Å². The Morgan fingerprint density at radius 3 is 2.79 bits per heavy atom. The molecule has 0 bridgehead atoms. The molecule has 0 aliphatic heterocycles. The Balaban J connectivity index is 3.23. The average Bonchev–Trinajstić information content (AvgIpc) is 2.10. The number of benzene rings is 1. The van der Waals surface area contributed by atoms with E-state index < -0.39 is 5.97 Å². The summed E-state index contributed by atoms with van der Waals surface area (Å²) in [4.78, 5) is 10.5. The first-order valence-corrected chi connectivity index (χ1v) is 5.52. The third kappa shape index (κ3) is 2.45. The molecule has 0 fully saturated rings. The predicted octanol–water partition coefficient (Wildman–Crippen LogP) is 2.55. The van der Waals surface area contributed by atoms with Crippen LogP contribution in [0.1, 0.15) is 11.1 Å². The number of halogens is 2. The van der Waals surface area contributed by atoms with Crippen LogP contribution in [-0.2, 0) is 11.2 Å². The van der Waals surface area contributed by atoms with E-state index in [9.17, 15) is 4.79 Å². The Kier molecular flexibility index (Phi) is 3.89. The second-order valence-corrected chi connectivity index (χ2v) is 4.51. The van der Waals surface area contributed by atoms with Crippen LogP contribution in [0, 0.1) is 14.9 Å². The Morgan fingerprint density at radius 1 is 1.64 bits per heavy atom. The minimum absolute atomic E-state index is 0.0553. The van der Waals surface area contributed by atoms with E-state index in [1.54, 1.807) is 12.1 Å². The molecule has 3 nitrogen and oxygen atoms in total. The summed E-state index contributed by atoms with van der Waals surface area (Å²) in [6.07, 6.45) is -0.0553. The van der Waals surface area contributed by atoms with Crippen molar-refractivity contribution >= 4 is 44.5 Å². The van der Waals surface area contributed by atoms with Gasteiger partial charge in [0.15, 0.2) is 0 Å². The number of carbonyl (C=O) groups is 1. The van der Waals surface area contributed by atoms with E-state index in [0.29, 0.717) is 19.2 Å². The molecule has 14 heavy (non-hydrogen) atoms. The molecule has 72 valence electrons. The van der Waals surface area contributed by atoms with Crippen LogP contribution in [0.2, 0.25) is 0 Å². The van der Waals surface area contributed by atoms with Crippen LogP contribution in [0.3, 0.4) is 0 Å². The lowest BCUT2D eigenvalue weighted by molar-refractivity contribution is -0.136. The topological polar surface area (TPSA) is 61.1 Å². The van der Waals surface area contributed by atoms with Gasteiger partial charge in [-0.15, -0.1) is 0 Å². The average molecular weight is 366 g/mol. The highest BCUT2D eigenvalue weighted by molar-refractivity contribution is 14.1. The number of hydrogen-bond donors (Lipinski definition) is 1. The fourth-order valence-corrected chi connectivity index (χ4v) is 2.57. The van der Waals surface area contributed by atoms with E-state index in [1.165, 1.54) is 0 Å². The van der Waals surface area contributed by atoms with Crippen LogP contribution in [0.25, 0.3) is 0 Å². The van der Waals surface area contributed by atoms with E-state index in [-0.39, 0.29) is 6.42 Å². The second-order valence-electron chi connectivity index (χ2n) is 2.58. The van der Waals surface area contributed by atoms with E-state index >= 15 is 0 Å². The number of nitriles is 1. The van der Waals surface area contributed by atoms with Crippen LogP contribution in [0.5, 0.6) is 0 Å². The number of aliphatic carboxylic acids is 1. The monoisotopic (exact) mass is 365 g/mol. The highest BCUT2D eigenvalue weighted by atomic mass is 127. The summed E-state index contributed by atoms with van der Waals surface area (Å²) >= 11 is 5.22. The first-order chi connectivity index (χ1) is 6.56. The molecule has 1 rings (SSSR count). The molecule has 1 aromatic carbocycles. The van der Waals surface area contributed by atoms with Gasteiger partial charge in [0, 0.05) is 8.04 Å². The van der Waals surface area contributed by atoms with Crippen molar-refractivity contribution in [3.8, 4) is 6.07 Å². The number of hydrogen-bond acceptors (Lipinski definition) is 2. The zero-order valence-electron chi connectivity index (χ0n) is 6.92. The molecular formula is C9H5BrINO2. The van der Waals surface area contributed by atoms with Gasteiger partial charge in [-0.25, -0.2) is 0 Å². The Morgan fingerprint density at radius 2 is 2.29 bits per heavy atom. The van der Waals surface area contributed by atoms with Crippen molar-refractivity contribution in [2.75, 3.05) is 0 Å². The van der Waals surface area contributed by atoms with Crippen LogP contribution in [0.15, 0.2) is 16.6 Å². The quantitative estimate of drug-likeness (QED) is 0.819. The van der Waals surface area contributed by atoms with Crippen LogP contribution >= 0.6 is 38.5 Å². The normalized spacial score (nSPS) is 9.50. The molecule has 1 N–H and O–H groups in total. The van der Waals surface area contributed by atoms with Crippen LogP contribution in [0.4, 0.5) is 0 Å². The highest BCUT2D eigenvalue weighted by Crippen LogP contribution is 2.25. The molecule has 0 aliphatic rings. The molecule has 5 heteroatoms. The fourth-order valence-electron chi connectivity index (χ4n) is 0.998. The van der Waals surface area contributed by atoms with Gasteiger partial charge in [0.2, 0.25) is 0 Å². The Labute approximate surface area is 103 Å². The Hall–Kier alpha value is -0.610. The SMILES string of the molecule is N#Cc1c(Br)ccc(CC(=O)O)c1I. The van der Waals surface area contributed by atoms with Crippen molar-refractivity contribution in [2.24, 2.45) is 0 Å². The Bertz CT molecular complexity index is 426. The molecule has 0 aliphatic carbocycles. The molecule has 0 aromatic heterocycles. The molecule has 0 saturated heterocycles. The third-order valence-corrected chi connectivity index (χ3v) is 3.52. The maximum absolute atomic E-state index is 10.5. The molecule has 0 spiro atoms. The van der Waals surface area contributed by atoms with Gasteiger partial charge in [0.1, 0.15) is 6.07 Å². The predicted molar refractivity (Wildman–Crippen MR) is 62.9 cm³/mol. The first-order valence-electron chi connectivity index (χ1n) is 3.65. The maximum atomic E-state index is 10.5. The molecule has 0 radical (unpaired) electrons. The van der Waals surface area contributed by atoms with Crippen molar-refractivity contribution in [3.63, 3.8) is 0 Å². The zero-order chi connectivity index (χ0) is 10.7. The van der Waals surface area contributed by atoms with Gasteiger partial charge < -0.3 is 5.11 Å². The lowest BCUT2D eigenvalue weighted by Gasteiger charge is -2.04. The lowest BCUT2D eigenvalue weighted by atomic mass is 10.1. The minimum Gasteiger partial charge on any atom is -0.481 e. The van der Waals surface area contributed by atoms with Crippen molar-refractivity contribution in [1.29, 1.82) is 5.26 Å². The van der Waals surface area contributed by atoms with Gasteiger partial charge in [-0.1, -0.05) is 6.07 Å². The minimum atomic E-state index is -0.894. The molecule has 0 amide bonds. The second kappa shape index (κ2) is 4.75. The van der Waals surface area contributed by atoms with E-state index in [2.05, 4.69) is 15.9 Å². The van der Waals surface area contributed by atoms with E-state index in [0.717, 1.165) is 0 Å². The molecule has 1 aromatic rings. The standard InChI is InChI=1S/C9H5BrINO2/c10-7-2-1-5(3-8(13)14)9(11)6(7)4-12/h1-2H,3H2,(H,13,14). The molecular weight excluding hydrogens is 361 g/mol. The van der Waals surface area contributed by atoms with Crippen LogP contribution in [-0.4, -0.2) is 11.1 Å². The fraction of sp³-hybridized carbons (Fsp3) is 0.111. The summed E-state index contributed by atoms with van der Waals surface area (Å²) in [5, 5.41) is 17.5. The van der Waals surface area contributed by atoms with Crippen molar-refractivity contribution < 1.29 is 9.90 Å². The van der Waals surface area contributed by atoms with Crippen LogP contribution < -0.4 is 0 Å². The summed E-state index contributed by atoms with van der Waals surface area (Å²) < 4.78 is 1.39. The number of carboxylic acids is 1. The maximum Gasteiger partial charge on any atom is 0.307 e. The van der Waals surface area contributed by atoms with Gasteiger partial charge >= 0.3 is 5.97 Å². The zero-order valence-corrected chi connectivity index (χ0v) is 10.7. The molecule has 0 atom stereocenters. The van der Waals surface area contributed by atoms with E-state index in [1.807, 2.05) is 28.7 Å². The van der Waals surface area contributed by atoms with Gasteiger partial charge in [-0.3, -0.25) is 4.79 Å². The van der Waals surface area contributed by atoms with Gasteiger partial charge in [0.05, 0.1) is 12.0 Å². The lowest BCUT2D eigenvalue weighted by Crippen LogP contribution is -2.03. The smallest absolute Gasteiger partial charge is 0.307 e. The van der Waals surface area contributed by atoms with Gasteiger partial charge in [0.25, 0.3) is 0 Å². The molecule has 0 saturated carbocycles. The highest BCUT2D eigenvalue weighted by Gasteiger charge is 2.11. The van der Waals surface area contributed by atoms with Gasteiger partial charge in [-0.2, -0.15) is 5.26 Å². The number of carboxylic acid groups (broad SMARTS) is 1. The summed E-state index contributed by atoms with van der Waals surface area (Å²) in [6, 6.07) is 5.43. The molecule has 0 unspecified atom stereocenters. The summed E-state index contributed by atoms with van der Waals surface area (Å²) in [5.41, 5.74) is 1.15. The number of nitrogens with zero attached hydrogens (tertiary/aromatic N) is 1. The third-order valence-electron chi connectivity index (χ3n) is 1.62. The van der Waals surface area contributed by atoms with Gasteiger partial charge in [-0.05, 0) is 50.2 Å².